The summed E-state index contributed by atoms with van der Waals surface area (Å²) in [5.74, 6) is 0.397. The second-order valence-corrected chi connectivity index (χ2v) is 11.2. The molecule has 0 fully saturated rings. The van der Waals surface area contributed by atoms with Crippen LogP contribution in [-0.2, 0) is 0 Å². The molecule has 0 aliphatic carbocycles. The van der Waals surface area contributed by atoms with Crippen LogP contribution in [0.25, 0.3) is 49.3 Å². The third-order valence-corrected chi connectivity index (χ3v) is 8.65. The first-order valence-corrected chi connectivity index (χ1v) is 14.9. The van der Waals surface area contributed by atoms with Gasteiger partial charge in [-0.2, -0.15) is 0 Å². The number of fused-ring (bicyclic) bond motifs is 7. The largest absolute Gasteiger partial charge is 0.369 e. The van der Waals surface area contributed by atoms with Crippen LogP contribution < -0.4 is 11.5 Å². The molecule has 4 N–H and O–H groups in total. The number of aliphatic imine (C=N–C) groups is 1. The van der Waals surface area contributed by atoms with Gasteiger partial charge in [0.05, 0.1) is 34.2 Å². The molecule has 5 heteroatoms. The molecule has 44 heavy (non-hydrogen) atoms. The molecule has 8 aromatic rings. The average Bonchev–Trinajstić information content (AvgIpc) is 3.61. The fourth-order valence-electron chi connectivity index (χ4n) is 6.65. The highest BCUT2D eigenvalue weighted by atomic mass is 15.2. The van der Waals surface area contributed by atoms with Crippen molar-refractivity contribution in [2.75, 3.05) is 0 Å². The number of hydrogen-bond donors (Lipinski definition) is 2. The van der Waals surface area contributed by atoms with Gasteiger partial charge in [0.2, 0.25) is 5.96 Å². The van der Waals surface area contributed by atoms with Crippen molar-refractivity contribution in [3.8, 4) is 5.69 Å². The lowest BCUT2D eigenvalue weighted by Crippen LogP contribution is -2.27. The molecule has 0 amide bonds. The summed E-state index contributed by atoms with van der Waals surface area (Å²) in [5.41, 5.74) is 21.5. The second-order valence-electron chi connectivity index (χ2n) is 11.2. The Morgan fingerprint density at radius 3 is 1.66 bits per heavy atom. The van der Waals surface area contributed by atoms with Crippen molar-refractivity contribution in [2.45, 2.75) is 12.1 Å². The van der Waals surface area contributed by atoms with Crippen molar-refractivity contribution in [2.24, 2.45) is 16.5 Å². The quantitative estimate of drug-likeness (QED) is 0.161. The van der Waals surface area contributed by atoms with E-state index in [4.69, 9.17) is 16.5 Å². The highest BCUT2D eigenvalue weighted by Crippen LogP contribution is 2.40. The summed E-state index contributed by atoms with van der Waals surface area (Å²) in [7, 11) is 0. The first-order valence-electron chi connectivity index (χ1n) is 14.9. The Balaban J connectivity index is 1.47. The maximum Gasteiger partial charge on any atom is 0.201 e. The van der Waals surface area contributed by atoms with Gasteiger partial charge in [-0.25, -0.2) is 4.99 Å². The van der Waals surface area contributed by atoms with E-state index in [2.05, 4.69) is 118 Å². The third-order valence-electron chi connectivity index (χ3n) is 8.65. The van der Waals surface area contributed by atoms with Crippen molar-refractivity contribution in [1.29, 1.82) is 0 Å². The van der Waals surface area contributed by atoms with E-state index in [0.29, 0.717) is 5.96 Å². The normalized spacial score (nSPS) is 13.6. The molecule has 0 saturated carbocycles. The van der Waals surface area contributed by atoms with E-state index in [1.807, 2.05) is 42.5 Å². The molecule has 0 radical (unpaired) electrons. The molecule has 8 rings (SSSR count). The number of para-hydroxylation sites is 3. The van der Waals surface area contributed by atoms with E-state index in [-0.39, 0.29) is 6.04 Å². The SMILES string of the molecule is NC(=NC(c1ccccc1)[C@@H](N)c1ccccc1)n1c2ccccc2c2ccc3c4ccccc4n(-c4ccccc4)c3c21. The number of nitrogens with two attached hydrogens (primary N) is 2. The van der Waals surface area contributed by atoms with Gasteiger partial charge in [0.1, 0.15) is 0 Å². The van der Waals surface area contributed by atoms with Crippen LogP contribution >= 0.6 is 0 Å². The zero-order chi connectivity index (χ0) is 29.6. The number of hydrogen-bond acceptors (Lipinski definition) is 2. The Morgan fingerprint density at radius 1 is 0.500 bits per heavy atom. The molecule has 0 aliphatic rings. The maximum atomic E-state index is 7.15. The van der Waals surface area contributed by atoms with E-state index >= 15 is 0 Å². The Morgan fingerprint density at radius 2 is 1.00 bits per heavy atom. The standard InChI is InChI=1S/C39H31N5/c40-35(26-14-4-1-5-15-26)36(27-16-6-2-7-17-27)42-39(41)44-34-23-13-11-21-30(34)32-25-24-31-29-20-10-12-22-33(29)43(37(31)38(32)44)28-18-8-3-9-19-28/h1-25,35-36H,40H2,(H2,41,42)/t35-,36?/m0/s1. The molecule has 0 spiro atoms. The fraction of sp³-hybridized carbons (Fsp3) is 0.0513. The van der Waals surface area contributed by atoms with Gasteiger partial charge in [-0.1, -0.05) is 127 Å². The Kier molecular flexibility index (Phi) is 6.25. The number of rotatable bonds is 5. The molecule has 6 aromatic carbocycles. The van der Waals surface area contributed by atoms with Crippen molar-refractivity contribution in [3.63, 3.8) is 0 Å². The molecule has 1 unspecified atom stereocenters. The lowest BCUT2D eigenvalue weighted by molar-refractivity contribution is 0.574. The molecule has 5 nitrogen and oxygen atoms in total. The van der Waals surface area contributed by atoms with Crippen LogP contribution in [0.3, 0.4) is 0 Å². The Hall–Kier alpha value is -5.65. The van der Waals surface area contributed by atoms with Crippen molar-refractivity contribution < 1.29 is 0 Å². The second kappa shape index (κ2) is 10.6. The fourth-order valence-corrected chi connectivity index (χ4v) is 6.65. The van der Waals surface area contributed by atoms with Crippen molar-refractivity contribution >= 4 is 49.6 Å². The lowest BCUT2D eigenvalue weighted by atomic mass is 9.94. The maximum absolute atomic E-state index is 7.15. The van der Waals surface area contributed by atoms with Crippen molar-refractivity contribution in [3.05, 3.63) is 163 Å². The van der Waals surface area contributed by atoms with Crippen LogP contribution in [0, 0.1) is 0 Å². The summed E-state index contributed by atoms with van der Waals surface area (Å²) in [4.78, 5) is 5.25. The average molecular weight is 570 g/mol. The van der Waals surface area contributed by atoms with Gasteiger partial charge in [-0.15, -0.1) is 0 Å². The van der Waals surface area contributed by atoms with E-state index in [1.54, 1.807) is 0 Å². The molecular weight excluding hydrogens is 538 g/mol. The van der Waals surface area contributed by atoms with Crippen LogP contribution in [0.5, 0.6) is 0 Å². The van der Waals surface area contributed by atoms with E-state index < -0.39 is 6.04 Å². The highest BCUT2D eigenvalue weighted by molar-refractivity contribution is 6.25. The van der Waals surface area contributed by atoms with Gasteiger partial charge in [-0.05, 0) is 35.4 Å². The Labute approximate surface area is 255 Å². The summed E-state index contributed by atoms with van der Waals surface area (Å²) in [6.45, 7) is 0. The van der Waals surface area contributed by atoms with Gasteiger partial charge >= 0.3 is 0 Å². The molecule has 2 atom stereocenters. The van der Waals surface area contributed by atoms with Gasteiger partial charge < -0.3 is 16.0 Å². The van der Waals surface area contributed by atoms with Crippen LogP contribution in [0.2, 0.25) is 0 Å². The molecule has 0 aliphatic heterocycles. The molecule has 2 aromatic heterocycles. The zero-order valence-electron chi connectivity index (χ0n) is 24.1. The zero-order valence-corrected chi connectivity index (χ0v) is 24.1. The summed E-state index contributed by atoms with van der Waals surface area (Å²) in [6.07, 6.45) is 0. The first kappa shape index (κ1) is 26.0. The smallest absolute Gasteiger partial charge is 0.201 e. The molecule has 212 valence electrons. The van der Waals surface area contributed by atoms with Gasteiger partial charge in [0, 0.05) is 27.2 Å². The van der Waals surface area contributed by atoms with Gasteiger partial charge in [-0.3, -0.25) is 4.57 Å². The minimum Gasteiger partial charge on any atom is -0.369 e. The topological polar surface area (TPSA) is 74.3 Å². The molecular formula is C39H31N5. The number of aromatic nitrogens is 2. The van der Waals surface area contributed by atoms with Gasteiger partial charge in [0.15, 0.2) is 0 Å². The van der Waals surface area contributed by atoms with Crippen LogP contribution in [0.4, 0.5) is 0 Å². The number of nitrogens with zero attached hydrogens (tertiary/aromatic N) is 3. The number of benzene rings is 6. The van der Waals surface area contributed by atoms with E-state index in [0.717, 1.165) is 55.0 Å². The van der Waals surface area contributed by atoms with Crippen LogP contribution in [0.15, 0.2) is 157 Å². The predicted molar refractivity (Wildman–Crippen MR) is 183 cm³/mol. The lowest BCUT2D eigenvalue weighted by Gasteiger charge is -2.22. The van der Waals surface area contributed by atoms with Crippen molar-refractivity contribution in [1.82, 2.24) is 9.13 Å². The summed E-state index contributed by atoms with van der Waals surface area (Å²) < 4.78 is 4.47. The summed E-state index contributed by atoms with van der Waals surface area (Å²) in [5, 5.41) is 4.59. The predicted octanol–water partition coefficient (Wildman–Crippen LogP) is 8.50. The van der Waals surface area contributed by atoms with Crippen LogP contribution in [-0.4, -0.2) is 15.1 Å². The monoisotopic (exact) mass is 569 g/mol. The Bertz CT molecular complexity index is 2300. The van der Waals surface area contributed by atoms with Gasteiger partial charge in [0.25, 0.3) is 0 Å². The summed E-state index contributed by atoms with van der Waals surface area (Å²) >= 11 is 0. The molecule has 2 heterocycles. The van der Waals surface area contributed by atoms with E-state index in [1.165, 1.54) is 5.39 Å². The van der Waals surface area contributed by atoms with E-state index in [9.17, 15) is 0 Å². The minimum absolute atomic E-state index is 0.388. The molecule has 0 saturated heterocycles. The third kappa shape index (κ3) is 4.09. The highest BCUT2D eigenvalue weighted by Gasteiger charge is 2.25. The van der Waals surface area contributed by atoms with Crippen LogP contribution in [0.1, 0.15) is 23.2 Å². The first-order chi connectivity index (χ1) is 21.7. The summed E-state index contributed by atoms with van der Waals surface area (Å²) in [6, 6.07) is 51.5. The molecule has 0 bridgehead atoms. The minimum atomic E-state index is -0.394.